The monoisotopic (exact) mass is 224 g/mol. The molecule has 3 nitrogen and oxygen atoms in total. The summed E-state index contributed by atoms with van der Waals surface area (Å²) in [4.78, 5) is 8.47. The minimum absolute atomic E-state index is 0.438. The third-order valence-corrected chi connectivity index (χ3v) is 3.09. The van der Waals surface area contributed by atoms with E-state index in [2.05, 4.69) is 21.4 Å². The van der Waals surface area contributed by atoms with Crippen molar-refractivity contribution in [2.75, 3.05) is 6.54 Å². The van der Waals surface area contributed by atoms with Crippen molar-refractivity contribution in [3.63, 3.8) is 0 Å². The maximum absolute atomic E-state index is 4.36. The largest absolute Gasteiger partial charge is 0.310 e. The van der Waals surface area contributed by atoms with Gasteiger partial charge in [-0.25, -0.2) is 0 Å². The molecule has 0 aliphatic carbocycles. The number of pyridine rings is 2. The Balaban J connectivity index is 1.94. The molecule has 0 aromatic carbocycles. The van der Waals surface area contributed by atoms with Crippen LogP contribution in [0.1, 0.15) is 24.4 Å². The van der Waals surface area contributed by atoms with Crippen LogP contribution in [0.15, 0.2) is 36.8 Å². The molecular formula is C14H14N3. The van der Waals surface area contributed by atoms with Gasteiger partial charge < -0.3 is 5.32 Å². The Labute approximate surface area is 101 Å². The Morgan fingerprint density at radius 3 is 3.06 bits per heavy atom. The molecule has 1 saturated heterocycles. The molecule has 3 heteroatoms. The lowest BCUT2D eigenvalue weighted by Crippen LogP contribution is -2.13. The summed E-state index contributed by atoms with van der Waals surface area (Å²) in [6.45, 7) is 1.10. The average Bonchev–Trinajstić information content (AvgIpc) is 2.94. The average molecular weight is 224 g/mol. The summed E-state index contributed by atoms with van der Waals surface area (Å²) in [7, 11) is 0. The van der Waals surface area contributed by atoms with Crippen molar-refractivity contribution >= 4 is 0 Å². The van der Waals surface area contributed by atoms with Crippen LogP contribution in [0.2, 0.25) is 0 Å². The fourth-order valence-corrected chi connectivity index (χ4v) is 2.21. The van der Waals surface area contributed by atoms with Gasteiger partial charge in [0.05, 0.1) is 5.69 Å². The summed E-state index contributed by atoms with van der Waals surface area (Å²) < 4.78 is 0. The van der Waals surface area contributed by atoms with Crippen molar-refractivity contribution in [1.82, 2.24) is 15.3 Å². The molecule has 1 aliphatic rings. The zero-order chi connectivity index (χ0) is 11.5. The Morgan fingerprint density at radius 2 is 2.29 bits per heavy atom. The molecule has 0 amide bonds. The standard InChI is InChI=1S/C14H14N3/c1-3-12(10-15-6-1)14-9-11(5-8-17-14)13-4-2-7-16-13/h1,3,5-6,8,10,13,16H,2,4,7H2/t13-/m0/s1. The predicted octanol–water partition coefficient (Wildman–Crippen LogP) is 2.37. The van der Waals surface area contributed by atoms with E-state index in [9.17, 15) is 0 Å². The maximum Gasteiger partial charge on any atom is 0.0800 e. The molecule has 0 saturated carbocycles. The zero-order valence-electron chi connectivity index (χ0n) is 9.56. The van der Waals surface area contributed by atoms with Gasteiger partial charge in [0, 0.05) is 36.3 Å². The van der Waals surface area contributed by atoms with E-state index in [0.717, 1.165) is 17.8 Å². The van der Waals surface area contributed by atoms with Gasteiger partial charge in [0.15, 0.2) is 0 Å². The zero-order valence-corrected chi connectivity index (χ0v) is 9.56. The molecule has 1 N–H and O–H groups in total. The molecule has 1 aliphatic heterocycles. The fraction of sp³-hybridized carbons (Fsp3) is 0.286. The van der Waals surface area contributed by atoms with Gasteiger partial charge in [-0.15, -0.1) is 0 Å². The van der Waals surface area contributed by atoms with Gasteiger partial charge >= 0.3 is 0 Å². The number of hydrogen-bond acceptors (Lipinski definition) is 3. The van der Waals surface area contributed by atoms with Crippen molar-refractivity contribution in [3.05, 3.63) is 48.4 Å². The summed E-state index contributed by atoms with van der Waals surface area (Å²) in [5.74, 6) is 0. The van der Waals surface area contributed by atoms with Crippen LogP contribution >= 0.6 is 0 Å². The van der Waals surface area contributed by atoms with Gasteiger partial charge in [-0.2, -0.15) is 0 Å². The molecule has 1 atom stereocenters. The molecule has 1 radical (unpaired) electrons. The molecule has 2 aromatic heterocycles. The lowest BCUT2D eigenvalue weighted by molar-refractivity contribution is 0.646. The Morgan fingerprint density at radius 1 is 1.29 bits per heavy atom. The van der Waals surface area contributed by atoms with Gasteiger partial charge in [0.2, 0.25) is 0 Å². The summed E-state index contributed by atoms with van der Waals surface area (Å²) in [6.07, 6.45) is 7.88. The van der Waals surface area contributed by atoms with E-state index in [1.54, 1.807) is 6.20 Å². The van der Waals surface area contributed by atoms with E-state index >= 15 is 0 Å². The van der Waals surface area contributed by atoms with E-state index in [1.807, 2.05) is 30.6 Å². The van der Waals surface area contributed by atoms with E-state index in [-0.39, 0.29) is 0 Å². The third kappa shape index (κ3) is 2.19. The highest BCUT2D eigenvalue weighted by Gasteiger charge is 2.16. The summed E-state index contributed by atoms with van der Waals surface area (Å²) >= 11 is 0. The number of hydrogen-bond donors (Lipinski definition) is 1. The molecule has 85 valence electrons. The quantitative estimate of drug-likeness (QED) is 0.851. The predicted molar refractivity (Wildman–Crippen MR) is 66.3 cm³/mol. The SMILES string of the molecule is [c]1c([C@@H]2CCCN2)ccnc1-c1cccnc1. The molecule has 0 spiro atoms. The highest BCUT2D eigenvalue weighted by Crippen LogP contribution is 2.25. The van der Waals surface area contributed by atoms with E-state index in [1.165, 1.54) is 18.4 Å². The van der Waals surface area contributed by atoms with E-state index in [0.29, 0.717) is 6.04 Å². The lowest BCUT2D eigenvalue weighted by Gasteiger charge is -2.10. The number of rotatable bonds is 2. The van der Waals surface area contributed by atoms with E-state index < -0.39 is 0 Å². The first kappa shape index (κ1) is 10.4. The highest BCUT2D eigenvalue weighted by molar-refractivity contribution is 5.57. The van der Waals surface area contributed by atoms with Crippen LogP contribution in [0.25, 0.3) is 11.3 Å². The van der Waals surface area contributed by atoms with Gasteiger partial charge in [-0.1, -0.05) is 0 Å². The van der Waals surface area contributed by atoms with Crippen LogP contribution in [0.4, 0.5) is 0 Å². The van der Waals surface area contributed by atoms with Crippen LogP contribution in [0.5, 0.6) is 0 Å². The van der Waals surface area contributed by atoms with Gasteiger partial charge in [0.25, 0.3) is 0 Å². The first-order valence-electron chi connectivity index (χ1n) is 5.95. The molecular weight excluding hydrogens is 210 g/mol. The normalized spacial score (nSPS) is 19.4. The maximum atomic E-state index is 4.36. The number of aromatic nitrogens is 2. The third-order valence-electron chi connectivity index (χ3n) is 3.09. The van der Waals surface area contributed by atoms with Gasteiger partial charge in [-0.05, 0) is 43.1 Å². The molecule has 3 rings (SSSR count). The van der Waals surface area contributed by atoms with Crippen LogP contribution in [-0.2, 0) is 0 Å². The van der Waals surface area contributed by atoms with Crippen molar-refractivity contribution in [2.24, 2.45) is 0 Å². The fourth-order valence-electron chi connectivity index (χ4n) is 2.21. The Kier molecular flexibility index (Phi) is 2.84. The van der Waals surface area contributed by atoms with Crippen molar-refractivity contribution in [1.29, 1.82) is 0 Å². The minimum Gasteiger partial charge on any atom is -0.310 e. The minimum atomic E-state index is 0.438. The molecule has 0 bridgehead atoms. The molecule has 2 aromatic rings. The highest BCUT2D eigenvalue weighted by atomic mass is 14.9. The second-order valence-corrected chi connectivity index (χ2v) is 4.26. The van der Waals surface area contributed by atoms with Gasteiger partial charge in [0.1, 0.15) is 0 Å². The molecule has 3 heterocycles. The van der Waals surface area contributed by atoms with Crippen LogP contribution in [-0.4, -0.2) is 16.5 Å². The van der Waals surface area contributed by atoms with Crippen molar-refractivity contribution in [3.8, 4) is 11.3 Å². The second-order valence-electron chi connectivity index (χ2n) is 4.26. The van der Waals surface area contributed by atoms with Crippen LogP contribution in [0, 0.1) is 6.07 Å². The smallest absolute Gasteiger partial charge is 0.0800 e. The van der Waals surface area contributed by atoms with Gasteiger partial charge in [-0.3, -0.25) is 9.97 Å². The van der Waals surface area contributed by atoms with Crippen LogP contribution < -0.4 is 5.32 Å². The Bertz CT molecular complexity index is 490. The lowest BCUT2D eigenvalue weighted by atomic mass is 10.0. The Hall–Kier alpha value is -1.74. The first-order chi connectivity index (χ1) is 8.43. The van der Waals surface area contributed by atoms with E-state index in [4.69, 9.17) is 0 Å². The number of nitrogens with zero attached hydrogens (tertiary/aromatic N) is 2. The summed E-state index contributed by atoms with van der Waals surface area (Å²) in [5.41, 5.74) is 3.10. The molecule has 1 fully saturated rings. The first-order valence-corrected chi connectivity index (χ1v) is 5.95. The summed E-state index contributed by atoms with van der Waals surface area (Å²) in [5, 5.41) is 3.48. The molecule has 17 heavy (non-hydrogen) atoms. The molecule has 0 unspecified atom stereocenters. The van der Waals surface area contributed by atoms with Crippen molar-refractivity contribution in [2.45, 2.75) is 18.9 Å². The van der Waals surface area contributed by atoms with Crippen molar-refractivity contribution < 1.29 is 0 Å². The summed E-state index contributed by atoms with van der Waals surface area (Å²) in [6, 6.07) is 9.81. The number of nitrogens with one attached hydrogen (secondary N) is 1. The second kappa shape index (κ2) is 4.63. The topological polar surface area (TPSA) is 37.8 Å². The van der Waals surface area contributed by atoms with Crippen LogP contribution in [0.3, 0.4) is 0 Å².